The van der Waals surface area contributed by atoms with Crippen LogP contribution in [0.25, 0.3) is 0 Å². The van der Waals surface area contributed by atoms with E-state index in [1.165, 1.54) is 6.42 Å². The summed E-state index contributed by atoms with van der Waals surface area (Å²) in [6.45, 7) is 8.63. The van der Waals surface area contributed by atoms with Crippen LogP contribution < -0.4 is 0 Å². The summed E-state index contributed by atoms with van der Waals surface area (Å²) in [4.78, 5) is 17.6. The predicted molar refractivity (Wildman–Crippen MR) is 117 cm³/mol. The Morgan fingerprint density at radius 2 is 1.77 bits per heavy atom. The standard InChI is InChI=1S/C20H30N2O2.2BrH/c1-4-22(5-2)18-12-11-16-13-21(3)14-17(18)19(16)24-20(23)15-9-7-6-8-10-15;;/h6-10,16-19H,4-5,11-14H2,1-3H3;2*1H/t16?,17?,18-,19-;;/m0../s1. The van der Waals surface area contributed by atoms with Gasteiger partial charge < -0.3 is 14.5 Å². The van der Waals surface area contributed by atoms with Gasteiger partial charge in [0, 0.05) is 31.0 Å². The molecule has 1 saturated carbocycles. The van der Waals surface area contributed by atoms with Crippen LogP contribution in [0.15, 0.2) is 30.3 Å². The average Bonchev–Trinajstić information content (AvgIpc) is 2.59. The lowest BCUT2D eigenvalue weighted by Crippen LogP contribution is -2.60. The van der Waals surface area contributed by atoms with E-state index in [0.29, 0.717) is 23.4 Å². The molecule has 26 heavy (non-hydrogen) atoms. The molecule has 3 rings (SSSR count). The fourth-order valence-corrected chi connectivity index (χ4v) is 4.68. The molecule has 0 aromatic heterocycles. The van der Waals surface area contributed by atoms with Gasteiger partial charge >= 0.3 is 5.97 Å². The minimum absolute atomic E-state index is 0. The molecule has 2 bridgehead atoms. The van der Waals surface area contributed by atoms with Crippen molar-refractivity contribution in [2.45, 2.75) is 38.8 Å². The number of hydrogen-bond donors (Lipinski definition) is 0. The molecule has 2 aliphatic rings. The minimum Gasteiger partial charge on any atom is -0.458 e. The number of esters is 1. The fourth-order valence-electron chi connectivity index (χ4n) is 4.68. The summed E-state index contributed by atoms with van der Waals surface area (Å²) in [5.41, 5.74) is 0.661. The van der Waals surface area contributed by atoms with Crippen molar-refractivity contribution < 1.29 is 9.53 Å². The van der Waals surface area contributed by atoms with E-state index in [1.54, 1.807) is 0 Å². The van der Waals surface area contributed by atoms with Gasteiger partial charge in [0.15, 0.2) is 0 Å². The van der Waals surface area contributed by atoms with Crippen LogP contribution in [0.1, 0.15) is 37.0 Å². The number of rotatable bonds is 5. The molecule has 1 aliphatic heterocycles. The van der Waals surface area contributed by atoms with E-state index in [2.05, 4.69) is 30.7 Å². The molecule has 4 nitrogen and oxygen atoms in total. The number of hydrogen-bond acceptors (Lipinski definition) is 4. The Morgan fingerprint density at radius 3 is 2.38 bits per heavy atom. The number of piperidine rings is 1. The molecule has 2 unspecified atom stereocenters. The van der Waals surface area contributed by atoms with Gasteiger partial charge in [0.2, 0.25) is 0 Å². The highest BCUT2D eigenvalue weighted by Gasteiger charge is 2.47. The number of carbonyl (C=O) groups is 1. The highest BCUT2D eigenvalue weighted by atomic mass is 79.9. The lowest BCUT2D eigenvalue weighted by molar-refractivity contribution is -0.0924. The molecular formula is C20H32Br2N2O2. The Kier molecular flexibility index (Phi) is 9.80. The van der Waals surface area contributed by atoms with Crippen LogP contribution >= 0.6 is 34.0 Å². The second-order valence-corrected chi connectivity index (χ2v) is 7.25. The van der Waals surface area contributed by atoms with E-state index in [-0.39, 0.29) is 46.0 Å². The van der Waals surface area contributed by atoms with Gasteiger partial charge in [-0.1, -0.05) is 32.0 Å². The third kappa shape index (κ3) is 5.09. The summed E-state index contributed by atoms with van der Waals surface area (Å²) < 4.78 is 6.07. The summed E-state index contributed by atoms with van der Waals surface area (Å²) in [7, 11) is 2.19. The fraction of sp³-hybridized carbons (Fsp3) is 0.650. The maximum atomic E-state index is 12.6. The van der Waals surface area contributed by atoms with E-state index in [4.69, 9.17) is 4.74 Å². The zero-order chi connectivity index (χ0) is 17.1. The monoisotopic (exact) mass is 490 g/mol. The van der Waals surface area contributed by atoms with E-state index in [9.17, 15) is 4.79 Å². The van der Waals surface area contributed by atoms with Crippen LogP contribution in [-0.2, 0) is 4.74 Å². The van der Waals surface area contributed by atoms with Crippen LogP contribution in [-0.4, -0.2) is 61.1 Å². The van der Waals surface area contributed by atoms with Crippen molar-refractivity contribution >= 4 is 39.9 Å². The lowest BCUT2D eigenvalue weighted by Gasteiger charge is -2.51. The first-order valence-corrected chi connectivity index (χ1v) is 9.32. The second-order valence-electron chi connectivity index (χ2n) is 7.25. The number of halogens is 2. The minimum atomic E-state index is -0.166. The maximum absolute atomic E-state index is 12.6. The van der Waals surface area contributed by atoms with Crippen LogP contribution in [0, 0.1) is 11.8 Å². The van der Waals surface area contributed by atoms with Gasteiger partial charge in [-0.25, -0.2) is 4.79 Å². The van der Waals surface area contributed by atoms with Crippen molar-refractivity contribution in [1.82, 2.24) is 9.80 Å². The summed E-state index contributed by atoms with van der Waals surface area (Å²) in [5.74, 6) is 0.712. The SMILES string of the molecule is Br.Br.CCN(CC)[C@H]1CCC2CN(C)CC1[C@H]2OC(=O)c1ccccc1. The molecule has 1 aromatic carbocycles. The molecular weight excluding hydrogens is 460 g/mol. The van der Waals surface area contributed by atoms with Gasteiger partial charge in [-0.2, -0.15) is 0 Å². The Bertz CT molecular complexity index is 554. The zero-order valence-corrected chi connectivity index (χ0v) is 19.4. The van der Waals surface area contributed by atoms with E-state index in [1.807, 2.05) is 30.3 Å². The first-order chi connectivity index (χ1) is 11.6. The Balaban J connectivity index is 0.00000169. The summed E-state index contributed by atoms with van der Waals surface area (Å²) in [6, 6.07) is 9.92. The van der Waals surface area contributed by atoms with Crippen molar-refractivity contribution in [3.05, 3.63) is 35.9 Å². The molecule has 6 heteroatoms. The molecule has 1 aliphatic carbocycles. The van der Waals surface area contributed by atoms with Gasteiger partial charge in [-0.3, -0.25) is 0 Å². The van der Waals surface area contributed by atoms with Crippen LogP contribution in [0.3, 0.4) is 0 Å². The molecule has 1 heterocycles. The summed E-state index contributed by atoms with van der Waals surface area (Å²) >= 11 is 0. The lowest BCUT2D eigenvalue weighted by atomic mass is 9.71. The Labute approximate surface area is 178 Å². The number of benzene rings is 1. The largest absolute Gasteiger partial charge is 0.458 e. The number of likely N-dealkylation sites (tertiary alicyclic amines) is 1. The van der Waals surface area contributed by atoms with Crippen LogP contribution in [0.2, 0.25) is 0 Å². The molecule has 0 amide bonds. The quantitative estimate of drug-likeness (QED) is 0.581. The smallest absolute Gasteiger partial charge is 0.338 e. The molecule has 148 valence electrons. The molecule has 4 atom stereocenters. The Morgan fingerprint density at radius 1 is 1.12 bits per heavy atom. The molecule has 1 aromatic rings. The normalized spacial score (nSPS) is 28.0. The molecule has 0 spiro atoms. The predicted octanol–water partition coefficient (Wildman–Crippen LogP) is 4.05. The average molecular weight is 492 g/mol. The highest BCUT2D eigenvalue weighted by molar-refractivity contribution is 8.93. The second kappa shape index (κ2) is 10.8. The van der Waals surface area contributed by atoms with Crippen molar-refractivity contribution in [3.8, 4) is 0 Å². The van der Waals surface area contributed by atoms with Crippen molar-refractivity contribution in [1.29, 1.82) is 0 Å². The number of nitrogens with zero attached hydrogens (tertiary/aromatic N) is 2. The Hall–Kier alpha value is -0.430. The van der Waals surface area contributed by atoms with Gasteiger partial charge in [-0.15, -0.1) is 34.0 Å². The summed E-state index contributed by atoms with van der Waals surface area (Å²) in [5, 5.41) is 0. The van der Waals surface area contributed by atoms with Gasteiger partial charge in [0.1, 0.15) is 6.10 Å². The third-order valence-corrected chi connectivity index (χ3v) is 5.82. The first kappa shape index (κ1) is 23.6. The van der Waals surface area contributed by atoms with Crippen molar-refractivity contribution in [2.24, 2.45) is 11.8 Å². The molecule has 0 N–H and O–H groups in total. The van der Waals surface area contributed by atoms with E-state index >= 15 is 0 Å². The molecule has 1 saturated heterocycles. The topological polar surface area (TPSA) is 32.8 Å². The van der Waals surface area contributed by atoms with Crippen molar-refractivity contribution in [3.63, 3.8) is 0 Å². The third-order valence-electron chi connectivity index (χ3n) is 5.82. The van der Waals surface area contributed by atoms with E-state index < -0.39 is 0 Å². The maximum Gasteiger partial charge on any atom is 0.338 e. The van der Waals surface area contributed by atoms with Crippen LogP contribution in [0.4, 0.5) is 0 Å². The van der Waals surface area contributed by atoms with Gasteiger partial charge in [0.05, 0.1) is 5.56 Å². The van der Waals surface area contributed by atoms with Crippen LogP contribution in [0.5, 0.6) is 0 Å². The number of carbonyl (C=O) groups excluding carboxylic acids is 1. The van der Waals surface area contributed by atoms with Gasteiger partial charge in [-0.05, 0) is 45.1 Å². The number of fused-ring (bicyclic) bond motifs is 2. The summed E-state index contributed by atoms with van der Waals surface area (Å²) in [6.07, 6.45) is 2.42. The highest BCUT2D eigenvalue weighted by Crippen LogP contribution is 2.39. The van der Waals surface area contributed by atoms with Crippen molar-refractivity contribution in [2.75, 3.05) is 33.2 Å². The zero-order valence-electron chi connectivity index (χ0n) is 16.0. The van der Waals surface area contributed by atoms with Gasteiger partial charge in [0.25, 0.3) is 0 Å². The first-order valence-electron chi connectivity index (χ1n) is 9.32. The molecule has 0 radical (unpaired) electrons. The number of ether oxygens (including phenoxy) is 1. The molecule has 2 fully saturated rings. The van der Waals surface area contributed by atoms with E-state index in [0.717, 1.165) is 32.6 Å².